The molecule has 0 aromatic carbocycles. The van der Waals surface area contributed by atoms with E-state index in [1.54, 1.807) is 0 Å². The lowest BCUT2D eigenvalue weighted by molar-refractivity contribution is 0.348. The summed E-state index contributed by atoms with van der Waals surface area (Å²) in [5.41, 5.74) is 1.39. The first-order valence-electron chi connectivity index (χ1n) is 11.5. The van der Waals surface area contributed by atoms with Gasteiger partial charge in [-0.15, -0.1) is 0 Å². The average molecular weight is 525 g/mol. The lowest BCUT2D eigenvalue weighted by Gasteiger charge is -2.58. The van der Waals surface area contributed by atoms with Crippen LogP contribution in [-0.4, -0.2) is 64.9 Å². The van der Waals surface area contributed by atoms with E-state index in [1.807, 2.05) is 0 Å². The molecule has 0 bridgehead atoms. The summed E-state index contributed by atoms with van der Waals surface area (Å²) in [6, 6.07) is 0. The SMILES string of the molecule is C[Si](C)(C)C(P1N=C(N2CCCCC2)P(Cl)C1([Si](C)(C)C)[Si](C)(C)C)[Si](C)(C)C. The van der Waals surface area contributed by atoms with Crippen molar-refractivity contribution in [3.63, 3.8) is 0 Å². The van der Waals surface area contributed by atoms with Crippen LogP contribution in [0, 0.1) is 0 Å². The monoisotopic (exact) mass is 524 g/mol. The van der Waals surface area contributed by atoms with Gasteiger partial charge >= 0.3 is 0 Å². The van der Waals surface area contributed by atoms with Gasteiger partial charge in [0.25, 0.3) is 0 Å². The molecule has 9 heteroatoms. The van der Waals surface area contributed by atoms with Crippen molar-refractivity contribution in [2.24, 2.45) is 4.76 Å². The number of likely N-dealkylation sites (tertiary alicyclic amines) is 1. The second-order valence-corrected chi connectivity index (χ2v) is 43.3. The van der Waals surface area contributed by atoms with Crippen molar-refractivity contribution < 1.29 is 0 Å². The molecule has 2 aliphatic rings. The Bertz CT molecular complexity index is 598. The molecule has 0 amide bonds. The van der Waals surface area contributed by atoms with Crippen LogP contribution in [0.1, 0.15) is 19.3 Å². The Kier molecular flexibility index (Phi) is 8.01. The van der Waals surface area contributed by atoms with E-state index < -0.39 is 47.6 Å². The minimum atomic E-state index is -1.57. The van der Waals surface area contributed by atoms with Gasteiger partial charge in [-0.3, -0.25) is 0 Å². The van der Waals surface area contributed by atoms with Crippen molar-refractivity contribution in [2.45, 2.75) is 107 Å². The van der Waals surface area contributed by atoms with Gasteiger partial charge in [-0.2, -0.15) is 0 Å². The van der Waals surface area contributed by atoms with Crippen LogP contribution < -0.4 is 0 Å². The molecule has 0 spiro atoms. The molecule has 0 saturated carbocycles. The maximum atomic E-state index is 7.75. The molecule has 2 heterocycles. The molecule has 2 nitrogen and oxygen atoms in total. The molecule has 2 atom stereocenters. The van der Waals surface area contributed by atoms with Crippen molar-refractivity contribution in [2.75, 3.05) is 13.1 Å². The summed E-state index contributed by atoms with van der Waals surface area (Å²) in [6.45, 7) is 34.0. The van der Waals surface area contributed by atoms with Crippen LogP contribution in [0.2, 0.25) is 78.6 Å². The molecule has 1 saturated heterocycles. The summed E-state index contributed by atoms with van der Waals surface area (Å²) in [6.07, 6.45) is 4.00. The van der Waals surface area contributed by atoms with Gasteiger partial charge in [0, 0.05) is 25.3 Å². The number of nitrogens with zero attached hydrogens (tertiary/aromatic N) is 2. The standard InChI is InChI=1S/C20H47ClN2P2Si4/c1-26(2,3)19(27(4,5)6)25-20(28(7,8)9,29(10,11)12)24(21)18(22-25)23-16-14-13-15-17-23/h19H,13-17H2,1-12H3. The molecular weight excluding hydrogens is 478 g/mol. The van der Waals surface area contributed by atoms with Gasteiger partial charge in [-0.1, -0.05) is 89.8 Å². The molecule has 2 aliphatic heterocycles. The van der Waals surface area contributed by atoms with E-state index in [-0.39, 0.29) is 0 Å². The minimum Gasteiger partial charge on any atom is -0.356 e. The number of piperidine rings is 1. The largest absolute Gasteiger partial charge is 0.356 e. The van der Waals surface area contributed by atoms with Crippen molar-refractivity contribution >= 4 is 64.5 Å². The number of hydrogen-bond donors (Lipinski definition) is 0. The van der Waals surface area contributed by atoms with Gasteiger partial charge in [-0.25, -0.2) is 4.76 Å². The molecule has 170 valence electrons. The van der Waals surface area contributed by atoms with Gasteiger partial charge in [-0.05, 0) is 24.2 Å². The molecule has 0 aliphatic carbocycles. The van der Waals surface area contributed by atoms with Crippen molar-refractivity contribution in [3.8, 4) is 0 Å². The fourth-order valence-electron chi connectivity index (χ4n) is 6.40. The summed E-state index contributed by atoms with van der Waals surface area (Å²) in [5, 5.41) is 0. The summed E-state index contributed by atoms with van der Waals surface area (Å²) in [7, 11) is -7.02. The Balaban J connectivity index is 2.79. The van der Waals surface area contributed by atoms with E-state index in [2.05, 4.69) is 83.5 Å². The van der Waals surface area contributed by atoms with E-state index in [0.717, 1.165) is 4.91 Å². The topological polar surface area (TPSA) is 15.6 Å². The van der Waals surface area contributed by atoms with Crippen LogP contribution in [0.15, 0.2) is 4.76 Å². The lowest BCUT2D eigenvalue weighted by Crippen LogP contribution is -2.66. The molecule has 2 rings (SSSR count). The minimum absolute atomic E-state index is 0.351. The van der Waals surface area contributed by atoms with Crippen molar-refractivity contribution in [1.29, 1.82) is 0 Å². The van der Waals surface area contributed by atoms with E-state index in [9.17, 15) is 0 Å². The predicted molar refractivity (Wildman–Crippen MR) is 152 cm³/mol. The van der Waals surface area contributed by atoms with E-state index in [4.69, 9.17) is 16.0 Å². The Morgan fingerprint density at radius 3 is 1.55 bits per heavy atom. The van der Waals surface area contributed by atoms with Crippen LogP contribution in [0.5, 0.6) is 0 Å². The lowest BCUT2D eigenvalue weighted by atomic mass is 10.1. The number of amidine groups is 1. The predicted octanol–water partition coefficient (Wildman–Crippen LogP) is 8.45. The molecule has 1 fully saturated rings. The Morgan fingerprint density at radius 1 is 0.793 bits per heavy atom. The first-order valence-corrected chi connectivity index (χ1v) is 29.2. The molecule has 29 heavy (non-hydrogen) atoms. The van der Waals surface area contributed by atoms with Gasteiger partial charge in [0.1, 0.15) is 5.58 Å². The van der Waals surface area contributed by atoms with Crippen molar-refractivity contribution in [1.82, 2.24) is 4.90 Å². The Hall–Kier alpha value is 1.49. The summed E-state index contributed by atoms with van der Waals surface area (Å²) >= 11 is 7.75. The second-order valence-electron chi connectivity index (χ2n) is 13.4. The summed E-state index contributed by atoms with van der Waals surface area (Å²) in [5.74, 6) is 0. The highest BCUT2D eigenvalue weighted by Gasteiger charge is 2.69. The van der Waals surface area contributed by atoms with Gasteiger partial charge in [0.05, 0.1) is 39.6 Å². The zero-order valence-electron chi connectivity index (χ0n) is 21.3. The molecule has 2 unspecified atom stereocenters. The van der Waals surface area contributed by atoms with Crippen LogP contribution in [-0.2, 0) is 0 Å². The van der Waals surface area contributed by atoms with Gasteiger partial charge in [0.15, 0.2) is 0 Å². The first kappa shape index (κ1) is 26.7. The zero-order chi connectivity index (χ0) is 22.6. The van der Waals surface area contributed by atoms with Crippen LogP contribution in [0.3, 0.4) is 0 Å². The molecule has 0 radical (unpaired) electrons. The fourth-order valence-corrected chi connectivity index (χ4v) is 56.9. The maximum Gasteiger partial charge on any atom is 0.142 e. The zero-order valence-corrected chi connectivity index (χ0v) is 27.8. The molecular formula is C20H47ClN2P2Si4. The second kappa shape index (κ2) is 8.69. The quantitative estimate of drug-likeness (QED) is 0.260. The number of hydrogen-bond acceptors (Lipinski definition) is 2. The molecule has 0 aromatic heterocycles. The highest BCUT2D eigenvalue weighted by atomic mass is 35.7. The van der Waals surface area contributed by atoms with Gasteiger partial charge < -0.3 is 4.90 Å². The fraction of sp³-hybridized carbons (Fsp3) is 0.950. The average Bonchev–Trinajstić information content (AvgIpc) is 2.78. The third kappa shape index (κ3) is 4.89. The third-order valence-electron chi connectivity index (χ3n) is 6.60. The van der Waals surface area contributed by atoms with E-state index in [1.165, 1.54) is 37.9 Å². The molecule has 0 aromatic rings. The van der Waals surface area contributed by atoms with Gasteiger partial charge in [0.2, 0.25) is 0 Å². The Labute approximate surface area is 193 Å². The maximum absolute atomic E-state index is 7.75. The highest BCUT2D eigenvalue weighted by molar-refractivity contribution is 8.11. The first-order chi connectivity index (χ1) is 12.9. The Morgan fingerprint density at radius 2 is 1.21 bits per heavy atom. The van der Waals surface area contributed by atoms with Crippen LogP contribution in [0.4, 0.5) is 0 Å². The summed E-state index contributed by atoms with van der Waals surface area (Å²) < 4.78 is 6.21. The highest BCUT2D eigenvalue weighted by Crippen LogP contribution is 2.84. The van der Waals surface area contributed by atoms with E-state index in [0.29, 0.717) is 4.14 Å². The summed E-state index contributed by atoms with van der Waals surface area (Å²) in [4.78, 5) is 3.50. The van der Waals surface area contributed by atoms with Crippen LogP contribution in [0.25, 0.3) is 0 Å². The smallest absolute Gasteiger partial charge is 0.142 e. The van der Waals surface area contributed by atoms with E-state index >= 15 is 0 Å². The normalized spacial score (nSPS) is 26.8. The number of halogens is 1. The molecule has 0 N–H and O–H groups in total. The third-order valence-corrected chi connectivity index (χ3v) is 47.3. The number of rotatable bonds is 5. The van der Waals surface area contributed by atoms with Crippen LogP contribution >= 0.6 is 26.6 Å². The van der Waals surface area contributed by atoms with Crippen molar-refractivity contribution in [3.05, 3.63) is 0 Å².